The average molecular weight is 484 g/mol. The zero-order chi connectivity index (χ0) is 23.9. The number of imidazole rings is 1. The van der Waals surface area contributed by atoms with Gasteiger partial charge in [-0.1, -0.05) is 35.9 Å². The van der Waals surface area contributed by atoms with Crippen LogP contribution in [-0.4, -0.2) is 25.1 Å². The Labute approximate surface area is 205 Å². The standard InChI is InChI=1S/C26H19ClFN7/c27-23-10-18(17-3-1-2-4-20(17)28)16-7-5-14-12-31-26(35-25(14)19(16)13-30-23)32-15-6-8-21-22(9-15)34-24(11-29)33-21/h1-4,6-10,12-13H,5,11,29H2,(H,33,34)(H,31,32,35). The number of anilines is 2. The fourth-order valence-corrected chi connectivity index (χ4v) is 4.47. The van der Waals surface area contributed by atoms with Crippen LogP contribution >= 0.6 is 11.6 Å². The molecule has 3 heterocycles. The number of aliphatic imine (C=N–C) groups is 1. The lowest BCUT2D eigenvalue weighted by Crippen LogP contribution is -2.10. The van der Waals surface area contributed by atoms with Crippen molar-refractivity contribution in [2.24, 2.45) is 10.7 Å². The highest BCUT2D eigenvalue weighted by Crippen LogP contribution is 2.41. The van der Waals surface area contributed by atoms with Gasteiger partial charge in [-0.3, -0.25) is 0 Å². The number of nitrogens with two attached hydrogens (primary N) is 1. The molecule has 1 aliphatic heterocycles. The number of aromatic amines is 1. The predicted molar refractivity (Wildman–Crippen MR) is 137 cm³/mol. The number of aromatic nitrogens is 4. The molecule has 0 amide bonds. The van der Waals surface area contributed by atoms with Gasteiger partial charge < -0.3 is 16.0 Å². The van der Waals surface area contributed by atoms with Crippen LogP contribution in [0.1, 0.15) is 22.6 Å². The van der Waals surface area contributed by atoms with Crippen molar-refractivity contribution >= 4 is 50.6 Å². The average Bonchev–Trinajstić information content (AvgIpc) is 3.21. The number of hydrogen-bond donors (Lipinski definition) is 3. The summed E-state index contributed by atoms with van der Waals surface area (Å²) in [5, 5.41) is 3.53. The monoisotopic (exact) mass is 483 g/mol. The quantitative estimate of drug-likeness (QED) is 0.367. The SMILES string of the molecule is NCc1nc2ccc(Nc3ncc4c(n3)C3=CN=C(Cl)C=C(c5ccccc5F)C3=CC4)cc2[nH]1. The molecule has 9 heteroatoms. The number of nitrogens with one attached hydrogen (secondary N) is 2. The Morgan fingerprint density at radius 1 is 1.09 bits per heavy atom. The first-order valence-electron chi connectivity index (χ1n) is 11.0. The van der Waals surface area contributed by atoms with E-state index in [1.165, 1.54) is 6.07 Å². The zero-order valence-electron chi connectivity index (χ0n) is 18.4. The number of nitrogens with zero attached hydrogens (tertiary/aromatic N) is 4. The van der Waals surface area contributed by atoms with Gasteiger partial charge in [-0.2, -0.15) is 0 Å². The summed E-state index contributed by atoms with van der Waals surface area (Å²) in [6.07, 6.45) is 7.81. The molecule has 0 unspecified atom stereocenters. The fourth-order valence-electron chi connectivity index (χ4n) is 4.31. The van der Waals surface area contributed by atoms with Crippen molar-refractivity contribution in [1.82, 2.24) is 19.9 Å². The second-order valence-corrected chi connectivity index (χ2v) is 8.55. The van der Waals surface area contributed by atoms with Crippen molar-refractivity contribution in [2.75, 3.05) is 5.32 Å². The molecule has 7 nitrogen and oxygen atoms in total. The Balaban J connectivity index is 1.38. The van der Waals surface area contributed by atoms with E-state index in [1.54, 1.807) is 36.7 Å². The van der Waals surface area contributed by atoms with E-state index >= 15 is 0 Å². The van der Waals surface area contributed by atoms with Crippen LogP contribution in [0.4, 0.5) is 16.0 Å². The molecular weight excluding hydrogens is 465 g/mol. The first-order chi connectivity index (χ1) is 17.1. The Morgan fingerprint density at radius 2 is 1.97 bits per heavy atom. The maximum absolute atomic E-state index is 14.7. The largest absolute Gasteiger partial charge is 0.341 e. The maximum Gasteiger partial charge on any atom is 0.227 e. The number of allylic oxidation sites excluding steroid dienone is 5. The first-order valence-corrected chi connectivity index (χ1v) is 11.4. The number of rotatable bonds is 4. The number of fused-ring (bicyclic) bond motifs is 4. The second kappa shape index (κ2) is 8.57. The third-order valence-electron chi connectivity index (χ3n) is 5.95. The molecule has 1 aliphatic carbocycles. The van der Waals surface area contributed by atoms with Gasteiger partial charge in [-0.05, 0) is 47.9 Å². The van der Waals surface area contributed by atoms with Crippen LogP contribution in [0.5, 0.6) is 0 Å². The Morgan fingerprint density at radius 3 is 2.83 bits per heavy atom. The van der Waals surface area contributed by atoms with Crippen LogP contribution in [-0.2, 0) is 13.0 Å². The summed E-state index contributed by atoms with van der Waals surface area (Å²) in [6.45, 7) is 0.339. The van der Waals surface area contributed by atoms with Gasteiger partial charge in [0.15, 0.2) is 0 Å². The molecule has 2 aromatic heterocycles. The molecule has 4 N–H and O–H groups in total. The molecule has 35 heavy (non-hydrogen) atoms. The Hall–Kier alpha value is -4.14. The van der Waals surface area contributed by atoms with Crippen molar-refractivity contribution in [3.8, 4) is 0 Å². The third kappa shape index (κ3) is 3.92. The van der Waals surface area contributed by atoms with E-state index in [0.717, 1.165) is 44.9 Å². The van der Waals surface area contributed by atoms with Crippen LogP contribution in [0.15, 0.2) is 77.6 Å². The number of H-pyrrole nitrogens is 1. The van der Waals surface area contributed by atoms with Gasteiger partial charge in [0.25, 0.3) is 0 Å². The molecule has 172 valence electrons. The van der Waals surface area contributed by atoms with Crippen LogP contribution in [0.3, 0.4) is 0 Å². The highest BCUT2D eigenvalue weighted by molar-refractivity contribution is 6.69. The number of halogens is 2. The summed E-state index contributed by atoms with van der Waals surface area (Å²) in [4.78, 5) is 21.3. The first kappa shape index (κ1) is 21.4. The molecule has 0 radical (unpaired) electrons. The summed E-state index contributed by atoms with van der Waals surface area (Å²) in [5.41, 5.74) is 12.6. The second-order valence-electron chi connectivity index (χ2n) is 8.17. The summed E-state index contributed by atoms with van der Waals surface area (Å²) < 4.78 is 14.7. The van der Waals surface area contributed by atoms with E-state index in [-0.39, 0.29) is 11.0 Å². The lowest BCUT2D eigenvalue weighted by Gasteiger charge is -2.21. The molecule has 6 rings (SSSR count). The van der Waals surface area contributed by atoms with E-state index in [0.29, 0.717) is 30.1 Å². The normalized spacial score (nSPS) is 14.8. The summed E-state index contributed by atoms with van der Waals surface area (Å²) in [7, 11) is 0. The van der Waals surface area contributed by atoms with E-state index in [1.807, 2.05) is 24.3 Å². The summed E-state index contributed by atoms with van der Waals surface area (Å²) in [6, 6.07) is 12.4. The number of benzene rings is 2. The van der Waals surface area contributed by atoms with Crippen molar-refractivity contribution in [2.45, 2.75) is 13.0 Å². The Kier molecular flexibility index (Phi) is 5.24. The molecule has 2 aliphatic rings. The van der Waals surface area contributed by atoms with Crippen molar-refractivity contribution in [3.05, 3.63) is 101 Å². The maximum atomic E-state index is 14.7. The lowest BCUT2D eigenvalue weighted by molar-refractivity contribution is 0.624. The molecule has 4 aromatic rings. The van der Waals surface area contributed by atoms with Crippen LogP contribution in [0, 0.1) is 5.82 Å². The van der Waals surface area contributed by atoms with Gasteiger partial charge in [0.2, 0.25) is 5.95 Å². The van der Waals surface area contributed by atoms with Gasteiger partial charge in [0.1, 0.15) is 16.8 Å². The molecule has 0 saturated heterocycles. The smallest absolute Gasteiger partial charge is 0.227 e. The van der Waals surface area contributed by atoms with E-state index in [2.05, 4.69) is 25.3 Å². The molecule has 0 spiro atoms. The topological polar surface area (TPSA) is 105 Å². The summed E-state index contributed by atoms with van der Waals surface area (Å²) >= 11 is 6.33. The van der Waals surface area contributed by atoms with Gasteiger partial charge in [-0.15, -0.1) is 0 Å². The van der Waals surface area contributed by atoms with Crippen molar-refractivity contribution in [3.63, 3.8) is 0 Å². The molecule has 2 aromatic carbocycles. The molecule has 0 bridgehead atoms. The van der Waals surface area contributed by atoms with Crippen LogP contribution in [0.2, 0.25) is 0 Å². The van der Waals surface area contributed by atoms with Gasteiger partial charge in [0.05, 0.1) is 23.3 Å². The molecule has 0 atom stereocenters. The Bertz CT molecular complexity index is 1610. The number of hydrogen-bond acceptors (Lipinski definition) is 6. The highest BCUT2D eigenvalue weighted by Gasteiger charge is 2.26. The minimum absolute atomic E-state index is 0.268. The highest BCUT2D eigenvalue weighted by atomic mass is 35.5. The fraction of sp³-hybridized carbons (Fsp3) is 0.0769. The zero-order valence-corrected chi connectivity index (χ0v) is 19.1. The van der Waals surface area contributed by atoms with Crippen molar-refractivity contribution in [1.29, 1.82) is 0 Å². The van der Waals surface area contributed by atoms with Gasteiger partial charge in [-0.25, -0.2) is 24.3 Å². The lowest BCUT2D eigenvalue weighted by atomic mass is 9.85. The summed E-state index contributed by atoms with van der Waals surface area (Å²) in [5.74, 6) is 0.826. The third-order valence-corrected chi connectivity index (χ3v) is 6.16. The molecule has 0 saturated carbocycles. The van der Waals surface area contributed by atoms with Gasteiger partial charge >= 0.3 is 0 Å². The molecular formula is C26H19ClFN7. The van der Waals surface area contributed by atoms with Crippen molar-refractivity contribution < 1.29 is 4.39 Å². The van der Waals surface area contributed by atoms with E-state index in [4.69, 9.17) is 22.3 Å². The minimum atomic E-state index is -0.326. The van der Waals surface area contributed by atoms with Gasteiger partial charge in [0, 0.05) is 34.8 Å². The molecule has 0 fully saturated rings. The van der Waals surface area contributed by atoms with E-state index < -0.39 is 0 Å². The van der Waals surface area contributed by atoms with E-state index in [9.17, 15) is 4.39 Å². The van der Waals surface area contributed by atoms with Crippen LogP contribution < -0.4 is 11.1 Å². The van der Waals surface area contributed by atoms with Crippen LogP contribution in [0.25, 0.3) is 22.2 Å². The minimum Gasteiger partial charge on any atom is -0.341 e. The predicted octanol–water partition coefficient (Wildman–Crippen LogP) is 5.25.